The summed E-state index contributed by atoms with van der Waals surface area (Å²) in [6.07, 6.45) is 4.66. The molecule has 0 fully saturated rings. The lowest BCUT2D eigenvalue weighted by Crippen LogP contribution is -2.04. The highest BCUT2D eigenvalue weighted by Gasteiger charge is 2.11. The molecule has 108 valence electrons. The Morgan fingerprint density at radius 3 is 2.90 bits per heavy atom. The molecule has 3 aromatic rings. The Balaban J connectivity index is 1.88. The zero-order chi connectivity index (χ0) is 14.8. The number of benzene rings is 1. The predicted molar refractivity (Wildman–Crippen MR) is 67.1 cm³/mol. The van der Waals surface area contributed by atoms with Gasteiger partial charge in [0.2, 0.25) is 5.65 Å². The highest BCUT2D eigenvalue weighted by atomic mass is 19.3. The topological polar surface area (TPSA) is 64.3 Å². The smallest absolute Gasteiger partial charge is 0.387 e. The number of halogens is 3. The van der Waals surface area contributed by atoms with E-state index in [1.54, 1.807) is 10.6 Å². The number of anilines is 2. The molecule has 0 amide bonds. The van der Waals surface area contributed by atoms with Crippen molar-refractivity contribution in [3.63, 3.8) is 0 Å². The van der Waals surface area contributed by atoms with Crippen LogP contribution in [0.1, 0.15) is 0 Å². The van der Waals surface area contributed by atoms with Crippen molar-refractivity contribution in [2.75, 3.05) is 5.32 Å². The summed E-state index contributed by atoms with van der Waals surface area (Å²) in [5.41, 5.74) is 0.767. The number of hydrogen-bond acceptors (Lipinski definition) is 5. The van der Waals surface area contributed by atoms with E-state index >= 15 is 0 Å². The molecule has 0 saturated heterocycles. The van der Waals surface area contributed by atoms with Crippen molar-refractivity contribution < 1.29 is 17.9 Å². The molecule has 2 aromatic heterocycles. The molecule has 1 aromatic carbocycles. The highest BCUT2D eigenvalue weighted by Crippen LogP contribution is 2.25. The third-order valence-electron chi connectivity index (χ3n) is 2.63. The van der Waals surface area contributed by atoms with Crippen LogP contribution in [-0.4, -0.2) is 26.2 Å². The van der Waals surface area contributed by atoms with Gasteiger partial charge >= 0.3 is 6.61 Å². The van der Waals surface area contributed by atoms with E-state index in [1.165, 1.54) is 18.6 Å². The minimum atomic E-state index is -3.08. The molecule has 0 spiro atoms. The van der Waals surface area contributed by atoms with Crippen LogP contribution in [0.2, 0.25) is 0 Å². The Labute approximate surface area is 116 Å². The van der Waals surface area contributed by atoms with E-state index in [0.717, 1.165) is 12.1 Å². The number of aromatic nitrogens is 4. The molecule has 1 N–H and O–H groups in total. The van der Waals surface area contributed by atoms with Crippen molar-refractivity contribution in [2.24, 2.45) is 0 Å². The monoisotopic (exact) mass is 295 g/mol. The van der Waals surface area contributed by atoms with Crippen molar-refractivity contribution in [1.29, 1.82) is 0 Å². The molecule has 2 heterocycles. The normalized spacial score (nSPS) is 11.0. The van der Waals surface area contributed by atoms with Crippen molar-refractivity contribution in [3.05, 3.63) is 42.7 Å². The molecule has 9 heteroatoms. The number of rotatable bonds is 4. The molecule has 6 nitrogen and oxygen atoms in total. The minimum absolute atomic E-state index is 0.317. The largest absolute Gasteiger partial charge is 0.432 e. The number of nitrogens with zero attached hydrogens (tertiary/aromatic N) is 4. The molecule has 0 unspecified atom stereocenters. The second kappa shape index (κ2) is 5.27. The number of alkyl halides is 2. The molecule has 0 aliphatic heterocycles. The van der Waals surface area contributed by atoms with Crippen LogP contribution in [0.5, 0.6) is 5.75 Å². The van der Waals surface area contributed by atoms with Gasteiger partial charge in [-0.15, -0.1) is 10.2 Å². The van der Waals surface area contributed by atoms with E-state index < -0.39 is 18.2 Å². The van der Waals surface area contributed by atoms with Gasteiger partial charge in [0.05, 0.1) is 0 Å². The van der Waals surface area contributed by atoms with Crippen LogP contribution in [0, 0.1) is 5.82 Å². The number of nitrogens with one attached hydrogen (secondary N) is 1. The second-order valence-electron chi connectivity index (χ2n) is 3.99. The van der Waals surface area contributed by atoms with Gasteiger partial charge < -0.3 is 10.1 Å². The van der Waals surface area contributed by atoms with E-state index in [2.05, 4.69) is 25.2 Å². The summed E-state index contributed by atoms with van der Waals surface area (Å²) < 4.78 is 43.4. The Bertz CT molecular complexity index is 776. The number of hydrogen-bond donors (Lipinski definition) is 1. The second-order valence-corrected chi connectivity index (χ2v) is 3.99. The number of ether oxygens (including phenoxy) is 1. The van der Waals surface area contributed by atoms with Gasteiger partial charge in [-0.05, 0) is 12.1 Å². The van der Waals surface area contributed by atoms with Crippen LogP contribution in [0.25, 0.3) is 5.65 Å². The summed E-state index contributed by atoms with van der Waals surface area (Å²) >= 11 is 0. The molecule has 3 rings (SSSR count). The van der Waals surface area contributed by atoms with Gasteiger partial charge in [0.25, 0.3) is 0 Å². The van der Waals surface area contributed by atoms with Crippen molar-refractivity contribution in [3.8, 4) is 5.75 Å². The zero-order valence-corrected chi connectivity index (χ0v) is 10.4. The molecular formula is C12H8F3N5O. The molecular weight excluding hydrogens is 287 g/mol. The summed E-state index contributed by atoms with van der Waals surface area (Å²) in [6, 6.07) is 3.52. The molecule has 0 aliphatic carbocycles. The van der Waals surface area contributed by atoms with Gasteiger partial charge in [0.1, 0.15) is 6.33 Å². The SMILES string of the molecule is Fc1cc(Nc2nccn3cnnc23)ccc1OC(F)F. The highest BCUT2D eigenvalue weighted by molar-refractivity contribution is 5.69. The van der Waals surface area contributed by atoms with Gasteiger partial charge in [-0.1, -0.05) is 0 Å². The maximum atomic E-state index is 13.6. The maximum Gasteiger partial charge on any atom is 0.387 e. The van der Waals surface area contributed by atoms with Gasteiger partial charge in [-0.25, -0.2) is 9.37 Å². The fourth-order valence-electron chi connectivity index (χ4n) is 1.75. The average Bonchev–Trinajstić information content (AvgIpc) is 2.91. The lowest BCUT2D eigenvalue weighted by molar-refractivity contribution is -0.0521. The number of fused-ring (bicyclic) bond motifs is 1. The first-order valence-electron chi connectivity index (χ1n) is 5.79. The predicted octanol–water partition coefficient (Wildman–Crippen LogP) is 2.61. The first-order chi connectivity index (χ1) is 10.1. The van der Waals surface area contributed by atoms with Gasteiger partial charge in [0.15, 0.2) is 17.4 Å². The Kier molecular flexibility index (Phi) is 3.30. The van der Waals surface area contributed by atoms with E-state index in [1.807, 2.05) is 0 Å². The maximum absolute atomic E-state index is 13.6. The minimum Gasteiger partial charge on any atom is -0.432 e. The fraction of sp³-hybridized carbons (Fsp3) is 0.0833. The summed E-state index contributed by atoms with van der Waals surface area (Å²) in [5, 5.41) is 10.4. The summed E-state index contributed by atoms with van der Waals surface area (Å²) in [4.78, 5) is 4.07. The van der Waals surface area contributed by atoms with E-state index in [-0.39, 0.29) is 0 Å². The van der Waals surface area contributed by atoms with E-state index in [0.29, 0.717) is 17.2 Å². The third-order valence-corrected chi connectivity index (χ3v) is 2.63. The molecule has 0 aliphatic rings. The Hall–Kier alpha value is -2.84. The van der Waals surface area contributed by atoms with Crippen LogP contribution in [0.3, 0.4) is 0 Å². The lowest BCUT2D eigenvalue weighted by atomic mass is 10.3. The fourth-order valence-corrected chi connectivity index (χ4v) is 1.75. The lowest BCUT2D eigenvalue weighted by Gasteiger charge is -2.09. The molecule has 0 atom stereocenters. The van der Waals surface area contributed by atoms with E-state index in [4.69, 9.17) is 0 Å². The summed E-state index contributed by atoms with van der Waals surface area (Å²) in [6.45, 7) is -3.08. The first-order valence-corrected chi connectivity index (χ1v) is 5.79. The van der Waals surface area contributed by atoms with Crippen LogP contribution >= 0.6 is 0 Å². The van der Waals surface area contributed by atoms with Crippen molar-refractivity contribution >= 4 is 17.2 Å². The summed E-state index contributed by atoms with van der Waals surface area (Å²) in [7, 11) is 0. The third kappa shape index (κ3) is 2.71. The van der Waals surface area contributed by atoms with Crippen LogP contribution in [0.4, 0.5) is 24.7 Å². The van der Waals surface area contributed by atoms with Crippen molar-refractivity contribution in [2.45, 2.75) is 6.61 Å². The quantitative estimate of drug-likeness (QED) is 0.801. The van der Waals surface area contributed by atoms with E-state index in [9.17, 15) is 13.2 Å². The standard InChI is InChI=1S/C12H8F3N5O/c13-8-5-7(1-2-9(8)21-12(14)15)18-10-11-19-17-6-20(11)4-3-16-10/h1-6,12H,(H,16,18). The molecule has 21 heavy (non-hydrogen) atoms. The van der Waals surface area contributed by atoms with Crippen LogP contribution in [0.15, 0.2) is 36.9 Å². The van der Waals surface area contributed by atoms with Gasteiger partial charge in [-0.2, -0.15) is 8.78 Å². The molecule has 0 saturated carbocycles. The first kappa shape index (κ1) is 13.2. The molecule has 0 radical (unpaired) electrons. The Morgan fingerprint density at radius 2 is 2.14 bits per heavy atom. The van der Waals surface area contributed by atoms with Gasteiger partial charge in [-0.3, -0.25) is 4.40 Å². The zero-order valence-electron chi connectivity index (χ0n) is 10.4. The van der Waals surface area contributed by atoms with Crippen LogP contribution in [-0.2, 0) is 0 Å². The Morgan fingerprint density at radius 1 is 1.29 bits per heavy atom. The van der Waals surface area contributed by atoms with Crippen molar-refractivity contribution in [1.82, 2.24) is 19.6 Å². The average molecular weight is 295 g/mol. The van der Waals surface area contributed by atoms with Crippen LogP contribution < -0.4 is 10.1 Å². The van der Waals surface area contributed by atoms with Gasteiger partial charge in [0, 0.05) is 24.1 Å². The molecule has 0 bridgehead atoms. The summed E-state index contributed by atoms with van der Waals surface area (Å²) in [5.74, 6) is -1.07.